The van der Waals surface area contributed by atoms with E-state index in [1.165, 1.54) is 109 Å². The lowest BCUT2D eigenvalue weighted by Crippen LogP contribution is -2.30. The van der Waals surface area contributed by atoms with Crippen molar-refractivity contribution in [2.45, 2.75) is 330 Å². The van der Waals surface area contributed by atoms with E-state index in [9.17, 15) is 43.2 Å². The van der Waals surface area contributed by atoms with Crippen molar-refractivity contribution < 1.29 is 80.2 Å². The van der Waals surface area contributed by atoms with Gasteiger partial charge < -0.3 is 33.8 Å². The molecule has 492 valence electrons. The van der Waals surface area contributed by atoms with Gasteiger partial charge in [0.25, 0.3) is 0 Å². The largest absolute Gasteiger partial charge is 0.472 e. The molecule has 0 bridgehead atoms. The van der Waals surface area contributed by atoms with Crippen molar-refractivity contribution in [1.82, 2.24) is 0 Å². The van der Waals surface area contributed by atoms with E-state index in [2.05, 4.69) is 48.5 Å². The van der Waals surface area contributed by atoms with Crippen LogP contribution in [0.1, 0.15) is 312 Å². The first-order chi connectivity index (χ1) is 39.8. The van der Waals surface area contributed by atoms with E-state index in [0.29, 0.717) is 37.5 Å². The Kier molecular flexibility index (Phi) is 54.1. The molecule has 0 aliphatic rings. The number of hydrogen-bond donors (Lipinski definition) is 3. The molecule has 3 unspecified atom stereocenters. The lowest BCUT2D eigenvalue weighted by Gasteiger charge is -2.21. The molecule has 3 N–H and O–H groups in total. The number of phosphoric acid groups is 2. The van der Waals surface area contributed by atoms with E-state index in [-0.39, 0.29) is 25.7 Å². The van der Waals surface area contributed by atoms with Gasteiger partial charge >= 0.3 is 39.5 Å². The average Bonchev–Trinajstić information content (AvgIpc) is 3.44. The highest BCUT2D eigenvalue weighted by molar-refractivity contribution is 7.47. The highest BCUT2D eigenvalue weighted by atomic mass is 31.2. The van der Waals surface area contributed by atoms with Gasteiger partial charge in [-0.15, -0.1) is 0 Å². The SMILES string of the molecule is CCCCCCCCCCCCCCCCCC(=O)O[C@H](COC(=O)CCCCCCCCC(C)CC)COP(=O)(O)OC[C@@H](O)COP(=O)(O)OC[C@@H](COC(=O)CCCCCCCCC(C)C)OC(=O)CCCCCCCCC(C)C. The number of rotatable bonds is 62. The predicted molar refractivity (Wildman–Crippen MR) is 331 cm³/mol. The molecule has 0 saturated carbocycles. The molecule has 19 heteroatoms. The van der Waals surface area contributed by atoms with Gasteiger partial charge in [0.1, 0.15) is 19.3 Å². The summed E-state index contributed by atoms with van der Waals surface area (Å²) in [5, 5.41) is 10.5. The van der Waals surface area contributed by atoms with Crippen molar-refractivity contribution in [3.05, 3.63) is 0 Å². The summed E-state index contributed by atoms with van der Waals surface area (Å²) in [4.78, 5) is 72.1. The van der Waals surface area contributed by atoms with Crippen LogP contribution in [0.3, 0.4) is 0 Å². The number of esters is 4. The Morgan fingerprint density at radius 1 is 0.349 bits per heavy atom. The number of unbranched alkanes of at least 4 members (excludes halogenated alkanes) is 29. The van der Waals surface area contributed by atoms with Crippen LogP contribution in [0.15, 0.2) is 0 Å². The third-order valence-electron chi connectivity index (χ3n) is 15.0. The quantitative estimate of drug-likeness (QED) is 0.0222. The standard InChI is InChI=1S/C64H124O17P2/c1-8-10-11-12-13-14-15-16-17-18-19-20-21-33-40-47-63(68)80-59(51-75-62(67)46-39-32-27-24-30-37-44-57(7)9-2)53-78-82(70,71)76-49-58(65)50-77-83(72,73)79-54-60(81-64(69)48-41-34-26-23-29-36-43-56(5)6)52-74-61(66)45-38-31-25-22-28-35-42-55(3)4/h55-60,65H,8-54H2,1-7H3,(H,70,71)(H,72,73)/t57?,58-,59-,60-/m1/s1. The maximum absolute atomic E-state index is 13.0. The van der Waals surface area contributed by atoms with Crippen LogP contribution in [0.5, 0.6) is 0 Å². The van der Waals surface area contributed by atoms with Crippen molar-refractivity contribution >= 4 is 39.5 Å². The lowest BCUT2D eigenvalue weighted by molar-refractivity contribution is -0.161. The molecular formula is C64H124O17P2. The Hall–Kier alpha value is -1.94. The van der Waals surface area contributed by atoms with Gasteiger partial charge in [0, 0.05) is 25.7 Å². The number of carbonyl (C=O) groups is 4. The van der Waals surface area contributed by atoms with Crippen molar-refractivity contribution in [2.24, 2.45) is 17.8 Å². The lowest BCUT2D eigenvalue weighted by atomic mass is 10.00. The van der Waals surface area contributed by atoms with Crippen molar-refractivity contribution in [1.29, 1.82) is 0 Å². The molecule has 17 nitrogen and oxygen atoms in total. The Labute approximate surface area is 505 Å². The molecule has 0 saturated heterocycles. The van der Waals surface area contributed by atoms with Crippen molar-refractivity contribution in [2.75, 3.05) is 39.6 Å². The van der Waals surface area contributed by atoms with Gasteiger partial charge in [0.2, 0.25) is 0 Å². The fraction of sp³-hybridized carbons (Fsp3) is 0.938. The molecule has 0 aliphatic heterocycles. The maximum Gasteiger partial charge on any atom is 0.472 e. The summed E-state index contributed by atoms with van der Waals surface area (Å²) in [6, 6.07) is 0. The molecule has 0 rings (SSSR count). The fourth-order valence-corrected chi connectivity index (χ4v) is 11.0. The summed E-state index contributed by atoms with van der Waals surface area (Å²) in [6.07, 6.45) is 36.6. The van der Waals surface area contributed by atoms with Gasteiger partial charge in [-0.2, -0.15) is 0 Å². The molecule has 6 atom stereocenters. The summed E-state index contributed by atoms with van der Waals surface area (Å²) in [5.74, 6) is -0.0620. The molecule has 0 amide bonds. The highest BCUT2D eigenvalue weighted by Crippen LogP contribution is 2.45. The van der Waals surface area contributed by atoms with E-state index in [1.807, 2.05) is 0 Å². The minimum Gasteiger partial charge on any atom is -0.462 e. The van der Waals surface area contributed by atoms with Gasteiger partial charge in [-0.25, -0.2) is 9.13 Å². The first-order valence-electron chi connectivity index (χ1n) is 33.4. The van der Waals surface area contributed by atoms with Crippen LogP contribution in [0.2, 0.25) is 0 Å². The summed E-state index contributed by atoms with van der Waals surface area (Å²) >= 11 is 0. The molecule has 0 radical (unpaired) electrons. The second kappa shape index (κ2) is 55.4. The second-order valence-corrected chi connectivity index (χ2v) is 27.3. The first-order valence-corrected chi connectivity index (χ1v) is 36.4. The Balaban J connectivity index is 5.23. The average molecular weight is 1230 g/mol. The van der Waals surface area contributed by atoms with Gasteiger partial charge in [0.05, 0.1) is 26.4 Å². The van der Waals surface area contributed by atoms with Gasteiger partial charge in [-0.05, 0) is 43.4 Å². The maximum atomic E-state index is 13.0. The number of aliphatic hydroxyl groups excluding tert-OH is 1. The zero-order valence-electron chi connectivity index (χ0n) is 53.6. The summed E-state index contributed by atoms with van der Waals surface area (Å²) in [5.41, 5.74) is 0. The van der Waals surface area contributed by atoms with Crippen LogP contribution < -0.4 is 0 Å². The third-order valence-corrected chi connectivity index (χ3v) is 16.9. The van der Waals surface area contributed by atoms with Crippen molar-refractivity contribution in [3.8, 4) is 0 Å². The van der Waals surface area contributed by atoms with Gasteiger partial charge in [-0.3, -0.25) is 37.3 Å². The molecule has 0 heterocycles. The van der Waals surface area contributed by atoms with Crippen molar-refractivity contribution in [3.63, 3.8) is 0 Å². The zero-order valence-corrected chi connectivity index (χ0v) is 55.4. The van der Waals surface area contributed by atoms with Crippen LogP contribution in [0, 0.1) is 17.8 Å². The summed E-state index contributed by atoms with van der Waals surface area (Å²) in [7, 11) is -9.89. The fourth-order valence-electron chi connectivity index (χ4n) is 9.45. The topological polar surface area (TPSA) is 237 Å². The van der Waals surface area contributed by atoms with Crippen LogP contribution in [0.4, 0.5) is 0 Å². The minimum absolute atomic E-state index is 0.101. The molecule has 0 aromatic rings. The number of ether oxygens (including phenoxy) is 4. The molecular weight excluding hydrogens is 1100 g/mol. The normalized spacial score (nSPS) is 14.7. The Morgan fingerprint density at radius 3 is 0.916 bits per heavy atom. The second-order valence-electron chi connectivity index (χ2n) is 24.3. The van der Waals surface area contributed by atoms with Crippen LogP contribution in [-0.4, -0.2) is 96.7 Å². The van der Waals surface area contributed by atoms with Gasteiger partial charge in [0.15, 0.2) is 12.2 Å². The smallest absolute Gasteiger partial charge is 0.462 e. The predicted octanol–water partition coefficient (Wildman–Crippen LogP) is 17.5. The number of carbonyl (C=O) groups excluding carboxylic acids is 4. The monoisotopic (exact) mass is 1230 g/mol. The van der Waals surface area contributed by atoms with Crippen LogP contribution in [-0.2, 0) is 65.4 Å². The molecule has 0 aromatic carbocycles. The number of aliphatic hydroxyl groups is 1. The highest BCUT2D eigenvalue weighted by Gasteiger charge is 2.30. The Morgan fingerprint density at radius 2 is 0.614 bits per heavy atom. The van der Waals surface area contributed by atoms with Gasteiger partial charge in [-0.1, -0.05) is 260 Å². The minimum atomic E-state index is -4.95. The van der Waals surface area contributed by atoms with E-state index < -0.39 is 97.5 Å². The zero-order chi connectivity index (χ0) is 61.7. The summed E-state index contributed by atoms with van der Waals surface area (Å²) in [6.45, 7) is 11.6. The number of hydrogen-bond acceptors (Lipinski definition) is 15. The first kappa shape index (κ1) is 81.1. The van der Waals surface area contributed by atoms with E-state index in [4.69, 9.17) is 37.0 Å². The van der Waals surface area contributed by atoms with E-state index >= 15 is 0 Å². The summed E-state index contributed by atoms with van der Waals surface area (Å²) < 4.78 is 67.9. The molecule has 0 spiro atoms. The van der Waals surface area contributed by atoms with E-state index in [1.54, 1.807) is 0 Å². The molecule has 0 fully saturated rings. The Bertz CT molecular complexity index is 1650. The van der Waals surface area contributed by atoms with Crippen LogP contribution in [0.25, 0.3) is 0 Å². The molecule has 0 aliphatic carbocycles. The molecule has 83 heavy (non-hydrogen) atoms. The molecule has 0 aromatic heterocycles. The van der Waals surface area contributed by atoms with Crippen LogP contribution >= 0.6 is 15.6 Å². The number of phosphoric ester groups is 2. The van der Waals surface area contributed by atoms with E-state index in [0.717, 1.165) is 109 Å². The third kappa shape index (κ3) is 57.6.